The van der Waals surface area contributed by atoms with Crippen LogP contribution in [0.4, 0.5) is 4.79 Å². The van der Waals surface area contributed by atoms with E-state index in [1.807, 2.05) is 91.0 Å². The van der Waals surface area contributed by atoms with Crippen LogP contribution in [0.15, 0.2) is 100 Å². The molecule has 0 radical (unpaired) electrons. The third kappa shape index (κ3) is 5.48. The predicted octanol–water partition coefficient (Wildman–Crippen LogP) is 7.30. The van der Waals surface area contributed by atoms with Crippen molar-refractivity contribution in [2.75, 3.05) is 13.2 Å². The number of hydrogen-bond donors (Lipinski definition) is 0. The Morgan fingerprint density at radius 2 is 1.61 bits per heavy atom. The van der Waals surface area contributed by atoms with Crippen LogP contribution in [-0.2, 0) is 11.4 Å². The van der Waals surface area contributed by atoms with Gasteiger partial charge in [0.25, 0.3) is 11.1 Å². The van der Waals surface area contributed by atoms with Gasteiger partial charge in [-0.3, -0.25) is 14.5 Å². The molecule has 0 atom stereocenters. The van der Waals surface area contributed by atoms with Crippen molar-refractivity contribution in [2.24, 2.45) is 0 Å². The smallest absolute Gasteiger partial charge is 0.293 e. The zero-order valence-corrected chi connectivity index (χ0v) is 21.6. The van der Waals surface area contributed by atoms with E-state index in [1.165, 1.54) is 4.90 Å². The van der Waals surface area contributed by atoms with Crippen LogP contribution in [0.3, 0.4) is 0 Å². The third-order valence-corrected chi connectivity index (χ3v) is 7.21. The van der Waals surface area contributed by atoms with Crippen LogP contribution < -0.4 is 9.47 Å². The second-order valence-electron chi connectivity index (χ2n) is 8.12. The normalized spacial score (nSPS) is 14.6. The van der Waals surface area contributed by atoms with Gasteiger partial charge in [-0.05, 0) is 68.5 Å². The van der Waals surface area contributed by atoms with Crippen molar-refractivity contribution < 1.29 is 19.1 Å². The van der Waals surface area contributed by atoms with Gasteiger partial charge in [0.15, 0.2) is 0 Å². The van der Waals surface area contributed by atoms with Gasteiger partial charge >= 0.3 is 0 Å². The topological polar surface area (TPSA) is 55.8 Å². The Labute approximate surface area is 221 Å². The Morgan fingerprint density at radius 3 is 2.44 bits per heavy atom. The summed E-state index contributed by atoms with van der Waals surface area (Å²) in [6.45, 7) is 0.859. The van der Waals surface area contributed by atoms with E-state index in [4.69, 9.17) is 9.47 Å². The lowest BCUT2D eigenvalue weighted by Crippen LogP contribution is -2.32. The van der Waals surface area contributed by atoms with Crippen LogP contribution in [0.1, 0.15) is 11.1 Å². The number of imide groups is 1. The highest BCUT2D eigenvalue weighted by Gasteiger charge is 2.34. The molecule has 0 N–H and O–H groups in total. The number of nitrogens with zero attached hydrogens (tertiary/aromatic N) is 1. The SMILES string of the molecule is O=C1S/C(=C\c2ccc(OCc3ccccc3)c(Br)c2)C(=O)N1CCOc1cccc2ccccc12. The maximum Gasteiger partial charge on any atom is 0.293 e. The minimum Gasteiger partial charge on any atom is -0.491 e. The molecule has 180 valence electrons. The van der Waals surface area contributed by atoms with Crippen LogP contribution in [0, 0.1) is 0 Å². The van der Waals surface area contributed by atoms with Crippen molar-refractivity contribution in [3.8, 4) is 11.5 Å². The van der Waals surface area contributed by atoms with Gasteiger partial charge in [-0.1, -0.05) is 72.8 Å². The number of benzene rings is 4. The number of carbonyl (C=O) groups excluding carboxylic acids is 2. The van der Waals surface area contributed by atoms with E-state index in [9.17, 15) is 9.59 Å². The fourth-order valence-electron chi connectivity index (χ4n) is 3.87. The zero-order valence-electron chi connectivity index (χ0n) is 19.2. The average Bonchev–Trinajstić information content (AvgIpc) is 3.16. The number of hydrogen-bond acceptors (Lipinski definition) is 5. The predicted molar refractivity (Wildman–Crippen MR) is 147 cm³/mol. The molecule has 0 aromatic heterocycles. The van der Waals surface area contributed by atoms with Crippen LogP contribution >= 0.6 is 27.7 Å². The number of carbonyl (C=O) groups is 2. The second-order valence-corrected chi connectivity index (χ2v) is 9.97. The molecule has 5 rings (SSSR count). The van der Waals surface area contributed by atoms with E-state index >= 15 is 0 Å². The zero-order chi connectivity index (χ0) is 24.9. The summed E-state index contributed by atoms with van der Waals surface area (Å²) >= 11 is 4.48. The van der Waals surface area contributed by atoms with Gasteiger partial charge in [-0.25, -0.2) is 0 Å². The van der Waals surface area contributed by atoms with Crippen molar-refractivity contribution >= 4 is 55.7 Å². The molecule has 4 aromatic carbocycles. The second kappa shape index (κ2) is 11.0. The first kappa shape index (κ1) is 24.2. The van der Waals surface area contributed by atoms with Gasteiger partial charge in [0, 0.05) is 5.39 Å². The standard InChI is InChI=1S/C29H22BrNO4S/c30-24-17-21(13-14-26(24)35-19-20-7-2-1-3-8-20)18-27-28(32)31(29(33)36-27)15-16-34-25-12-6-10-22-9-4-5-11-23(22)25/h1-14,17-18H,15-16,19H2/b27-18-. The average molecular weight is 560 g/mol. The molecule has 0 aliphatic carbocycles. The van der Waals surface area contributed by atoms with E-state index in [2.05, 4.69) is 15.9 Å². The van der Waals surface area contributed by atoms with Gasteiger partial charge in [0.05, 0.1) is 15.9 Å². The minimum absolute atomic E-state index is 0.182. The van der Waals surface area contributed by atoms with E-state index in [0.717, 1.165) is 43.9 Å². The first-order valence-corrected chi connectivity index (χ1v) is 13.0. The molecule has 1 aliphatic rings. The number of thioether (sulfide) groups is 1. The first-order chi connectivity index (χ1) is 17.6. The van der Waals surface area contributed by atoms with Gasteiger partial charge < -0.3 is 9.47 Å². The first-order valence-electron chi connectivity index (χ1n) is 11.4. The van der Waals surface area contributed by atoms with Crippen LogP contribution in [0.2, 0.25) is 0 Å². The molecule has 0 spiro atoms. The van der Waals surface area contributed by atoms with Crippen molar-refractivity contribution in [3.05, 3.63) is 112 Å². The summed E-state index contributed by atoms with van der Waals surface area (Å²) < 4.78 is 12.6. The van der Waals surface area contributed by atoms with E-state index in [-0.39, 0.29) is 24.3 Å². The Bertz CT molecular complexity index is 1450. The Morgan fingerprint density at radius 1 is 0.833 bits per heavy atom. The Kier molecular flexibility index (Phi) is 7.39. The summed E-state index contributed by atoms with van der Waals surface area (Å²) in [5.74, 6) is 1.12. The van der Waals surface area contributed by atoms with Crippen molar-refractivity contribution in [1.29, 1.82) is 0 Å². The van der Waals surface area contributed by atoms with E-state index in [0.29, 0.717) is 17.3 Å². The third-order valence-electron chi connectivity index (χ3n) is 5.69. The molecule has 0 saturated carbocycles. The highest BCUT2D eigenvalue weighted by atomic mass is 79.9. The maximum absolute atomic E-state index is 12.9. The number of rotatable bonds is 8. The molecule has 1 heterocycles. The molecule has 1 saturated heterocycles. The van der Waals surface area contributed by atoms with E-state index < -0.39 is 0 Å². The van der Waals surface area contributed by atoms with Gasteiger partial charge in [0.2, 0.25) is 0 Å². The van der Waals surface area contributed by atoms with Crippen molar-refractivity contribution in [2.45, 2.75) is 6.61 Å². The lowest BCUT2D eigenvalue weighted by atomic mass is 10.1. The monoisotopic (exact) mass is 559 g/mol. The molecule has 7 heteroatoms. The van der Waals surface area contributed by atoms with Gasteiger partial charge in [0.1, 0.15) is 24.7 Å². The summed E-state index contributed by atoms with van der Waals surface area (Å²) in [6.07, 6.45) is 1.72. The fraction of sp³-hybridized carbons (Fsp3) is 0.103. The van der Waals surface area contributed by atoms with Gasteiger partial charge in [-0.15, -0.1) is 0 Å². The van der Waals surface area contributed by atoms with Crippen molar-refractivity contribution in [3.63, 3.8) is 0 Å². The molecule has 0 bridgehead atoms. The lowest BCUT2D eigenvalue weighted by molar-refractivity contribution is -0.123. The van der Waals surface area contributed by atoms with Crippen LogP contribution in [-0.4, -0.2) is 29.2 Å². The highest BCUT2D eigenvalue weighted by molar-refractivity contribution is 9.10. The highest BCUT2D eigenvalue weighted by Crippen LogP contribution is 2.34. The minimum atomic E-state index is -0.313. The fourth-order valence-corrected chi connectivity index (χ4v) is 5.25. The Balaban J connectivity index is 1.21. The molecule has 1 aliphatic heterocycles. The van der Waals surface area contributed by atoms with Crippen LogP contribution in [0.25, 0.3) is 16.8 Å². The molecular weight excluding hydrogens is 538 g/mol. The molecule has 0 unspecified atom stereocenters. The summed E-state index contributed by atoms with van der Waals surface area (Å²) in [5, 5.41) is 1.78. The number of amides is 2. The molecular formula is C29H22BrNO4S. The van der Waals surface area contributed by atoms with Crippen molar-refractivity contribution in [1.82, 2.24) is 4.90 Å². The molecule has 2 amide bonds. The molecule has 5 nitrogen and oxygen atoms in total. The molecule has 1 fully saturated rings. The summed E-state index contributed by atoms with van der Waals surface area (Å²) in [5.41, 5.74) is 1.87. The quantitative estimate of drug-likeness (QED) is 0.212. The summed E-state index contributed by atoms with van der Waals surface area (Å²) in [7, 11) is 0. The Hall–Kier alpha value is -3.55. The van der Waals surface area contributed by atoms with Gasteiger partial charge in [-0.2, -0.15) is 0 Å². The number of halogens is 1. The van der Waals surface area contributed by atoms with E-state index in [1.54, 1.807) is 6.08 Å². The largest absolute Gasteiger partial charge is 0.491 e. The molecule has 4 aromatic rings. The molecule has 36 heavy (non-hydrogen) atoms. The van der Waals surface area contributed by atoms with Crippen LogP contribution in [0.5, 0.6) is 11.5 Å². The number of ether oxygens (including phenoxy) is 2. The maximum atomic E-state index is 12.9. The summed E-state index contributed by atoms with van der Waals surface area (Å²) in [4.78, 5) is 27.0. The lowest BCUT2D eigenvalue weighted by Gasteiger charge is -2.14. The number of fused-ring (bicyclic) bond motifs is 1. The summed E-state index contributed by atoms with van der Waals surface area (Å²) in [6, 6.07) is 29.3.